The Labute approximate surface area is 259 Å². The third-order valence-electron chi connectivity index (χ3n) is 9.78. The molecule has 3 aromatic carbocycles. The molecule has 0 bridgehead atoms. The van der Waals surface area contributed by atoms with Gasteiger partial charge in [0.2, 0.25) is 0 Å². The zero-order chi connectivity index (χ0) is 30.3. The van der Waals surface area contributed by atoms with E-state index in [2.05, 4.69) is 52.5 Å². The molecule has 2 aliphatic heterocycles. The lowest BCUT2D eigenvalue weighted by atomic mass is 9.83. The second kappa shape index (κ2) is 9.79. The number of aliphatic hydroxyl groups excluding tert-OH is 1. The first-order chi connectivity index (χ1) is 22.0. The number of amides is 1. The molecule has 8 heteroatoms. The predicted molar refractivity (Wildman–Crippen MR) is 170 cm³/mol. The Hall–Kier alpha value is -4.92. The minimum absolute atomic E-state index is 0.0637. The molecule has 1 saturated heterocycles. The second-order valence-corrected chi connectivity index (χ2v) is 12.6. The van der Waals surface area contributed by atoms with Crippen molar-refractivity contribution in [1.82, 2.24) is 24.5 Å². The molecule has 3 aromatic heterocycles. The van der Waals surface area contributed by atoms with Gasteiger partial charge in [0.25, 0.3) is 5.91 Å². The first-order valence-electron chi connectivity index (χ1n) is 15.5. The van der Waals surface area contributed by atoms with E-state index >= 15 is 0 Å². The molecule has 45 heavy (non-hydrogen) atoms. The number of carbonyl (C=O) groups excluding carboxylic acids is 1. The Kier molecular flexibility index (Phi) is 5.76. The predicted octanol–water partition coefficient (Wildman–Crippen LogP) is 6.46. The van der Waals surface area contributed by atoms with Crippen molar-refractivity contribution in [3.8, 4) is 22.4 Å². The molecule has 2 fully saturated rings. The molecule has 6 aromatic rings. The van der Waals surface area contributed by atoms with Gasteiger partial charge in [-0.2, -0.15) is 9.61 Å². The molecule has 0 radical (unpaired) electrons. The highest BCUT2D eigenvalue weighted by Crippen LogP contribution is 2.52. The highest BCUT2D eigenvalue weighted by molar-refractivity contribution is 5.99. The van der Waals surface area contributed by atoms with Gasteiger partial charge in [-0.15, -0.1) is 0 Å². The summed E-state index contributed by atoms with van der Waals surface area (Å²) in [5.74, 6) is 0.354. The first kappa shape index (κ1) is 26.5. The van der Waals surface area contributed by atoms with Gasteiger partial charge in [-0.1, -0.05) is 72.8 Å². The fourth-order valence-corrected chi connectivity index (χ4v) is 7.35. The topological polar surface area (TPSA) is 92.9 Å². The Balaban J connectivity index is 1.18. The van der Waals surface area contributed by atoms with Crippen LogP contribution in [-0.2, 0) is 10.3 Å². The number of hydrogen-bond donors (Lipinski definition) is 1. The summed E-state index contributed by atoms with van der Waals surface area (Å²) in [6, 6.07) is 30.0. The number of nitrogens with zero attached hydrogens (tertiary/aromatic N) is 5. The fraction of sp³-hybridized carbons (Fsp3) is 0.243. The number of rotatable bonds is 5. The van der Waals surface area contributed by atoms with Gasteiger partial charge in [0.05, 0.1) is 29.6 Å². The number of fused-ring (bicyclic) bond motifs is 4. The Morgan fingerprint density at radius 2 is 1.69 bits per heavy atom. The number of ether oxygens (including phenoxy) is 1. The molecule has 0 spiro atoms. The van der Waals surface area contributed by atoms with Crippen LogP contribution in [0.5, 0.6) is 0 Å². The van der Waals surface area contributed by atoms with Crippen molar-refractivity contribution in [1.29, 1.82) is 0 Å². The summed E-state index contributed by atoms with van der Waals surface area (Å²) in [7, 11) is 0. The highest BCUT2D eigenvalue weighted by atomic mass is 16.5. The molecule has 9 rings (SSSR count). The minimum Gasteiger partial charge on any atom is -0.375 e. The van der Waals surface area contributed by atoms with Gasteiger partial charge in [0, 0.05) is 46.3 Å². The van der Waals surface area contributed by atoms with E-state index in [1.807, 2.05) is 55.6 Å². The third kappa shape index (κ3) is 4.06. The number of aliphatic hydroxyl groups is 1. The standard InChI is InChI=1S/C37H31N5O3/c1-22-17-32-38-20-26-18-30(23-7-3-2-4-8-23)33(39-34(26)42(32)40-22)25-13-15-27(16-14-25)37(19-31(45-21-37)24-11-12-24)41-35(43)28-9-5-6-10-29(28)36(41)44/h2-10,13-18,20,24,31,35,43H,11-12,19,21H2,1H3. The van der Waals surface area contributed by atoms with Crippen molar-refractivity contribution in [2.45, 2.75) is 44.1 Å². The van der Waals surface area contributed by atoms with E-state index in [9.17, 15) is 9.90 Å². The summed E-state index contributed by atoms with van der Waals surface area (Å²) in [4.78, 5) is 25.4. The van der Waals surface area contributed by atoms with Crippen molar-refractivity contribution in [3.05, 3.63) is 120 Å². The average molecular weight is 594 g/mol. The van der Waals surface area contributed by atoms with Crippen LogP contribution in [0.3, 0.4) is 0 Å². The van der Waals surface area contributed by atoms with Crippen molar-refractivity contribution in [3.63, 3.8) is 0 Å². The van der Waals surface area contributed by atoms with E-state index in [0.717, 1.165) is 63.2 Å². The maximum atomic E-state index is 13.9. The van der Waals surface area contributed by atoms with Gasteiger partial charge >= 0.3 is 0 Å². The molecule has 3 aliphatic rings. The number of carbonyl (C=O) groups is 1. The molecule has 3 unspecified atom stereocenters. The van der Waals surface area contributed by atoms with Gasteiger partial charge in [0.15, 0.2) is 17.5 Å². The smallest absolute Gasteiger partial charge is 0.257 e. The molecular formula is C37H31N5O3. The van der Waals surface area contributed by atoms with Crippen LogP contribution in [0.1, 0.15) is 52.7 Å². The molecule has 222 valence electrons. The largest absolute Gasteiger partial charge is 0.375 e. The SMILES string of the molecule is Cc1cc2ncc3cc(-c4ccccc4)c(-c4ccc(C5(N6C(=O)c7ccccc7C6O)COC(C6CC6)C5)cc4)nc3n2n1. The van der Waals surface area contributed by atoms with Gasteiger partial charge in [-0.25, -0.2) is 9.97 Å². The summed E-state index contributed by atoms with van der Waals surface area (Å²) in [6.45, 7) is 2.30. The van der Waals surface area contributed by atoms with Crippen LogP contribution < -0.4 is 0 Å². The van der Waals surface area contributed by atoms with Crippen molar-refractivity contribution >= 4 is 22.6 Å². The summed E-state index contributed by atoms with van der Waals surface area (Å²) >= 11 is 0. The normalized spacial score (nSPS) is 22.9. The zero-order valence-corrected chi connectivity index (χ0v) is 24.8. The molecule has 8 nitrogen and oxygen atoms in total. The van der Waals surface area contributed by atoms with E-state index in [4.69, 9.17) is 9.72 Å². The number of aryl methyl sites for hydroxylation is 1. The number of aromatic nitrogens is 4. The molecule has 3 atom stereocenters. The van der Waals surface area contributed by atoms with Crippen LogP contribution in [-0.4, -0.2) is 48.2 Å². The molecule has 1 N–H and O–H groups in total. The summed E-state index contributed by atoms with van der Waals surface area (Å²) in [5.41, 5.74) is 7.56. The molecular weight excluding hydrogens is 562 g/mol. The van der Waals surface area contributed by atoms with Crippen LogP contribution in [0.15, 0.2) is 97.2 Å². The van der Waals surface area contributed by atoms with Crippen LogP contribution in [0.4, 0.5) is 0 Å². The van der Waals surface area contributed by atoms with E-state index < -0.39 is 11.8 Å². The number of benzene rings is 3. The van der Waals surface area contributed by atoms with Crippen LogP contribution in [0, 0.1) is 12.8 Å². The molecule has 1 saturated carbocycles. The molecule has 1 aliphatic carbocycles. The van der Waals surface area contributed by atoms with Gasteiger partial charge in [-0.05, 0) is 48.9 Å². The summed E-state index contributed by atoms with van der Waals surface area (Å²) < 4.78 is 8.21. The fourth-order valence-electron chi connectivity index (χ4n) is 7.35. The van der Waals surface area contributed by atoms with E-state index in [1.165, 1.54) is 0 Å². The highest BCUT2D eigenvalue weighted by Gasteiger charge is 2.56. The van der Waals surface area contributed by atoms with Crippen LogP contribution >= 0.6 is 0 Å². The quantitative estimate of drug-likeness (QED) is 0.247. The molecule has 5 heterocycles. The van der Waals surface area contributed by atoms with Crippen molar-refractivity contribution in [2.75, 3.05) is 6.61 Å². The maximum absolute atomic E-state index is 13.9. The maximum Gasteiger partial charge on any atom is 0.257 e. The zero-order valence-electron chi connectivity index (χ0n) is 24.8. The monoisotopic (exact) mass is 593 g/mol. The lowest BCUT2D eigenvalue weighted by molar-refractivity contribution is -0.0459. The van der Waals surface area contributed by atoms with E-state index in [0.29, 0.717) is 30.1 Å². The molecule has 1 amide bonds. The van der Waals surface area contributed by atoms with Crippen molar-refractivity contribution < 1.29 is 14.6 Å². The Bertz CT molecular complexity index is 2120. The number of hydrogen-bond acceptors (Lipinski definition) is 6. The minimum atomic E-state index is -1.03. The van der Waals surface area contributed by atoms with Crippen LogP contribution in [0.25, 0.3) is 39.1 Å². The van der Waals surface area contributed by atoms with Crippen LogP contribution in [0.2, 0.25) is 0 Å². The van der Waals surface area contributed by atoms with Crippen molar-refractivity contribution in [2.24, 2.45) is 5.92 Å². The summed E-state index contributed by atoms with van der Waals surface area (Å²) in [6.07, 6.45) is 3.83. The first-order valence-corrected chi connectivity index (χ1v) is 15.5. The summed E-state index contributed by atoms with van der Waals surface area (Å²) in [5, 5.41) is 17.1. The lowest BCUT2D eigenvalue weighted by Gasteiger charge is -2.40. The Morgan fingerprint density at radius 3 is 2.47 bits per heavy atom. The third-order valence-corrected chi connectivity index (χ3v) is 9.78. The van der Waals surface area contributed by atoms with Gasteiger partial charge in [-0.3, -0.25) is 9.69 Å². The Morgan fingerprint density at radius 1 is 0.911 bits per heavy atom. The van der Waals surface area contributed by atoms with Gasteiger partial charge in [0.1, 0.15) is 0 Å². The van der Waals surface area contributed by atoms with E-state index in [-0.39, 0.29) is 12.0 Å². The second-order valence-electron chi connectivity index (χ2n) is 12.6. The van der Waals surface area contributed by atoms with E-state index in [1.54, 1.807) is 15.5 Å². The average Bonchev–Trinajstić information content (AvgIpc) is 3.63. The lowest BCUT2D eigenvalue weighted by Crippen LogP contribution is -2.49. The number of pyridine rings is 1. The van der Waals surface area contributed by atoms with Gasteiger partial charge < -0.3 is 9.84 Å².